The van der Waals surface area contributed by atoms with E-state index >= 15 is 0 Å². The van der Waals surface area contributed by atoms with Crippen molar-refractivity contribution in [3.05, 3.63) is 35.5 Å². The number of ether oxygens (including phenoxy) is 1. The third-order valence-corrected chi connectivity index (χ3v) is 4.72. The van der Waals surface area contributed by atoms with Gasteiger partial charge in [0.25, 0.3) is 0 Å². The molecule has 1 fully saturated rings. The lowest BCUT2D eigenvalue weighted by molar-refractivity contribution is 0.154. The number of hydrogen-bond donors (Lipinski definition) is 1. The van der Waals surface area contributed by atoms with Gasteiger partial charge in [-0.25, -0.2) is 0 Å². The van der Waals surface area contributed by atoms with Crippen molar-refractivity contribution in [1.29, 1.82) is 0 Å². The van der Waals surface area contributed by atoms with Crippen LogP contribution in [0.5, 0.6) is 5.75 Å². The first-order valence-electron chi connectivity index (χ1n) is 7.65. The molecule has 2 atom stereocenters. The van der Waals surface area contributed by atoms with Crippen molar-refractivity contribution in [2.24, 2.45) is 17.6 Å². The van der Waals surface area contributed by atoms with Crippen LogP contribution in [0.15, 0.2) is 30.5 Å². The summed E-state index contributed by atoms with van der Waals surface area (Å²) >= 11 is 6.01. The summed E-state index contributed by atoms with van der Waals surface area (Å²) in [5, 5.41) is 1.71. The third kappa shape index (κ3) is 3.30. The molecule has 1 aromatic carbocycles. The number of halogens is 1. The SMILES string of the molecule is NCC1CCCCC1COc1ccnc2cc(Cl)ccc12. The minimum absolute atomic E-state index is 0.569. The van der Waals surface area contributed by atoms with Gasteiger partial charge in [0.2, 0.25) is 0 Å². The van der Waals surface area contributed by atoms with Crippen molar-refractivity contribution in [2.75, 3.05) is 13.2 Å². The summed E-state index contributed by atoms with van der Waals surface area (Å²) in [5.41, 5.74) is 6.76. The van der Waals surface area contributed by atoms with E-state index in [2.05, 4.69) is 4.98 Å². The number of nitrogens with two attached hydrogens (primary N) is 1. The topological polar surface area (TPSA) is 48.1 Å². The lowest BCUT2D eigenvalue weighted by Gasteiger charge is -2.30. The lowest BCUT2D eigenvalue weighted by atomic mass is 9.80. The van der Waals surface area contributed by atoms with E-state index in [1.807, 2.05) is 24.3 Å². The quantitative estimate of drug-likeness (QED) is 0.927. The Kier molecular flexibility index (Phi) is 4.61. The van der Waals surface area contributed by atoms with Crippen LogP contribution in [0.1, 0.15) is 25.7 Å². The maximum Gasteiger partial charge on any atom is 0.130 e. The standard InChI is InChI=1S/C17H21ClN2O/c18-14-5-6-15-16(9-14)20-8-7-17(15)21-11-13-4-2-1-3-12(13)10-19/h5-9,12-13H,1-4,10-11,19H2. The number of fused-ring (bicyclic) bond motifs is 1. The van der Waals surface area contributed by atoms with E-state index in [1.165, 1.54) is 25.7 Å². The van der Waals surface area contributed by atoms with Crippen LogP contribution < -0.4 is 10.5 Å². The molecule has 3 nitrogen and oxygen atoms in total. The molecule has 3 rings (SSSR count). The Hall–Kier alpha value is -1.32. The van der Waals surface area contributed by atoms with Gasteiger partial charge in [-0.1, -0.05) is 24.4 Å². The van der Waals surface area contributed by atoms with Crippen LogP contribution in [0.4, 0.5) is 0 Å². The van der Waals surface area contributed by atoms with Gasteiger partial charge >= 0.3 is 0 Å². The molecule has 21 heavy (non-hydrogen) atoms. The van der Waals surface area contributed by atoms with E-state index in [9.17, 15) is 0 Å². The largest absolute Gasteiger partial charge is 0.493 e. The molecule has 0 bridgehead atoms. The molecular formula is C17H21ClN2O. The summed E-state index contributed by atoms with van der Waals surface area (Å²) < 4.78 is 6.09. The molecule has 0 aliphatic heterocycles. The van der Waals surface area contributed by atoms with Crippen LogP contribution in [0.3, 0.4) is 0 Å². The maximum atomic E-state index is 6.09. The van der Waals surface area contributed by atoms with Gasteiger partial charge < -0.3 is 10.5 Å². The molecule has 1 aliphatic carbocycles. The second-order valence-electron chi connectivity index (χ2n) is 5.82. The van der Waals surface area contributed by atoms with Crippen molar-refractivity contribution >= 4 is 22.5 Å². The highest BCUT2D eigenvalue weighted by molar-refractivity contribution is 6.31. The Morgan fingerprint density at radius 1 is 1.19 bits per heavy atom. The monoisotopic (exact) mass is 304 g/mol. The number of pyridine rings is 1. The predicted molar refractivity (Wildman–Crippen MR) is 86.8 cm³/mol. The van der Waals surface area contributed by atoms with Gasteiger partial charge in [0.1, 0.15) is 5.75 Å². The summed E-state index contributed by atoms with van der Waals surface area (Å²) in [4.78, 5) is 4.34. The summed E-state index contributed by atoms with van der Waals surface area (Å²) in [6.45, 7) is 1.50. The van der Waals surface area contributed by atoms with Crippen LogP contribution in [0.25, 0.3) is 10.9 Å². The summed E-state index contributed by atoms with van der Waals surface area (Å²) in [7, 11) is 0. The molecular weight excluding hydrogens is 284 g/mol. The Bertz CT molecular complexity index is 617. The minimum atomic E-state index is 0.569. The van der Waals surface area contributed by atoms with Crippen molar-refractivity contribution in [3.8, 4) is 5.75 Å². The first-order chi connectivity index (χ1) is 10.3. The highest BCUT2D eigenvalue weighted by Gasteiger charge is 2.24. The van der Waals surface area contributed by atoms with Gasteiger partial charge in [0.15, 0.2) is 0 Å². The van der Waals surface area contributed by atoms with Crippen LogP contribution in [-0.4, -0.2) is 18.1 Å². The smallest absolute Gasteiger partial charge is 0.130 e. The van der Waals surface area contributed by atoms with Crippen LogP contribution in [0, 0.1) is 11.8 Å². The highest BCUT2D eigenvalue weighted by atomic mass is 35.5. The molecule has 2 N–H and O–H groups in total. The number of rotatable bonds is 4. The van der Waals surface area contributed by atoms with Gasteiger partial charge in [-0.2, -0.15) is 0 Å². The van der Waals surface area contributed by atoms with Gasteiger partial charge in [0.05, 0.1) is 12.1 Å². The first-order valence-corrected chi connectivity index (χ1v) is 8.03. The van der Waals surface area contributed by atoms with Crippen molar-refractivity contribution in [2.45, 2.75) is 25.7 Å². The molecule has 0 amide bonds. The highest BCUT2D eigenvalue weighted by Crippen LogP contribution is 2.31. The van der Waals surface area contributed by atoms with Crippen molar-refractivity contribution in [1.82, 2.24) is 4.98 Å². The summed E-state index contributed by atoms with van der Waals surface area (Å²) in [5.74, 6) is 2.05. The molecule has 2 aromatic rings. The molecule has 2 unspecified atom stereocenters. The second-order valence-corrected chi connectivity index (χ2v) is 6.26. The van der Waals surface area contributed by atoms with Crippen LogP contribution in [0.2, 0.25) is 5.02 Å². The molecule has 1 aromatic heterocycles. The maximum absolute atomic E-state index is 6.09. The normalized spacial score (nSPS) is 22.4. The van der Waals surface area contributed by atoms with Gasteiger partial charge in [0, 0.05) is 16.6 Å². The van der Waals surface area contributed by atoms with Crippen molar-refractivity contribution in [3.63, 3.8) is 0 Å². The first kappa shape index (κ1) is 14.6. The molecule has 112 valence electrons. The Labute approximate surface area is 130 Å². The predicted octanol–water partition coefficient (Wildman–Crippen LogP) is 4.03. The van der Waals surface area contributed by atoms with Crippen LogP contribution >= 0.6 is 11.6 Å². The van der Waals surface area contributed by atoms with Crippen molar-refractivity contribution < 1.29 is 4.74 Å². The summed E-state index contributed by atoms with van der Waals surface area (Å²) in [6, 6.07) is 7.65. The van der Waals surface area contributed by atoms with Crippen LogP contribution in [-0.2, 0) is 0 Å². The zero-order chi connectivity index (χ0) is 14.7. The molecule has 0 radical (unpaired) electrons. The molecule has 1 heterocycles. The molecule has 1 aliphatic rings. The van der Waals surface area contributed by atoms with E-state index in [0.29, 0.717) is 16.9 Å². The van der Waals surface area contributed by atoms with Gasteiger partial charge in [-0.3, -0.25) is 4.98 Å². The Morgan fingerprint density at radius 2 is 2.00 bits per heavy atom. The van der Waals surface area contributed by atoms with Gasteiger partial charge in [-0.15, -0.1) is 0 Å². The fourth-order valence-corrected chi connectivity index (χ4v) is 3.40. The van der Waals surface area contributed by atoms with E-state index in [0.717, 1.165) is 29.8 Å². The van der Waals surface area contributed by atoms with E-state index in [4.69, 9.17) is 22.1 Å². The van der Waals surface area contributed by atoms with E-state index in [-0.39, 0.29) is 0 Å². The number of nitrogens with zero attached hydrogens (tertiary/aromatic N) is 1. The zero-order valence-electron chi connectivity index (χ0n) is 12.1. The molecule has 0 saturated heterocycles. The fourth-order valence-electron chi connectivity index (χ4n) is 3.23. The molecule has 0 spiro atoms. The average molecular weight is 305 g/mol. The van der Waals surface area contributed by atoms with Gasteiger partial charge in [-0.05, 0) is 55.5 Å². The Balaban J connectivity index is 1.75. The summed E-state index contributed by atoms with van der Waals surface area (Å²) in [6.07, 6.45) is 6.81. The fraction of sp³-hybridized carbons (Fsp3) is 0.471. The number of aromatic nitrogens is 1. The second kappa shape index (κ2) is 6.63. The minimum Gasteiger partial charge on any atom is -0.493 e. The zero-order valence-corrected chi connectivity index (χ0v) is 12.9. The lowest BCUT2D eigenvalue weighted by Crippen LogP contribution is -2.30. The Morgan fingerprint density at radius 3 is 2.81 bits per heavy atom. The van der Waals surface area contributed by atoms with E-state index < -0.39 is 0 Å². The third-order valence-electron chi connectivity index (χ3n) is 4.49. The number of hydrogen-bond acceptors (Lipinski definition) is 3. The number of benzene rings is 1. The molecule has 1 saturated carbocycles. The molecule has 4 heteroatoms. The van der Waals surface area contributed by atoms with E-state index in [1.54, 1.807) is 6.20 Å². The average Bonchev–Trinajstić information content (AvgIpc) is 2.52.